The van der Waals surface area contributed by atoms with Crippen LogP contribution in [0.1, 0.15) is 5.56 Å². The van der Waals surface area contributed by atoms with E-state index in [0.29, 0.717) is 0 Å². The minimum Gasteiger partial charge on any atom is -0.368 e. The minimum absolute atomic E-state index is 0.185. The van der Waals surface area contributed by atoms with Gasteiger partial charge in [-0.05, 0) is 5.56 Å². The molecule has 7 heteroatoms. The molecule has 98 valence electrons. The largest absolute Gasteiger partial charge is 0.368 e. The second kappa shape index (κ2) is 5.30. The van der Waals surface area contributed by atoms with Crippen LogP contribution in [-0.4, -0.2) is 47.1 Å². The first-order valence-electron chi connectivity index (χ1n) is 5.57. The smallest absolute Gasteiger partial charge is 0.348 e. The Balaban J connectivity index is 2.07. The summed E-state index contributed by atoms with van der Waals surface area (Å²) < 4.78 is 0. The maximum Gasteiger partial charge on any atom is 0.348 e. The van der Waals surface area contributed by atoms with Crippen molar-refractivity contribution in [3.63, 3.8) is 0 Å². The van der Waals surface area contributed by atoms with Crippen molar-refractivity contribution in [1.29, 1.82) is 0 Å². The molecule has 1 heterocycles. The molecule has 1 aliphatic rings. The van der Waals surface area contributed by atoms with Crippen LogP contribution in [0.25, 0.3) is 0 Å². The standard InChI is InChI=1S/C12H12N4O3/c13-10(17)7-15-11(18)8-16(12(15)19)14-6-9-4-2-1-3-5-9/h1-6H,7-8H2,(H2,13,17)/b14-6-. The van der Waals surface area contributed by atoms with Gasteiger partial charge in [0.25, 0.3) is 5.91 Å². The number of carbonyl (C=O) groups excluding carboxylic acids is 3. The summed E-state index contributed by atoms with van der Waals surface area (Å²) in [7, 11) is 0. The van der Waals surface area contributed by atoms with Crippen LogP contribution in [0.4, 0.5) is 4.79 Å². The second-order valence-corrected chi connectivity index (χ2v) is 3.94. The van der Waals surface area contributed by atoms with Crippen LogP contribution in [0.5, 0.6) is 0 Å². The molecule has 1 aromatic carbocycles. The Morgan fingerprint density at radius 2 is 2.00 bits per heavy atom. The lowest BCUT2D eigenvalue weighted by Gasteiger charge is -2.11. The summed E-state index contributed by atoms with van der Waals surface area (Å²) in [5.74, 6) is -1.23. The van der Waals surface area contributed by atoms with Gasteiger partial charge >= 0.3 is 6.03 Å². The number of rotatable bonds is 4. The van der Waals surface area contributed by atoms with Gasteiger partial charge in [0.1, 0.15) is 13.1 Å². The number of primary amides is 1. The van der Waals surface area contributed by atoms with Gasteiger partial charge in [0.15, 0.2) is 0 Å². The molecule has 2 N–H and O–H groups in total. The van der Waals surface area contributed by atoms with Crippen LogP contribution in [0.2, 0.25) is 0 Å². The fraction of sp³-hybridized carbons (Fsp3) is 0.167. The first-order valence-corrected chi connectivity index (χ1v) is 5.57. The molecular formula is C12H12N4O3. The van der Waals surface area contributed by atoms with Crippen LogP contribution < -0.4 is 5.73 Å². The van der Waals surface area contributed by atoms with Crippen LogP contribution in [-0.2, 0) is 9.59 Å². The summed E-state index contributed by atoms with van der Waals surface area (Å²) in [6.45, 7) is -0.607. The lowest BCUT2D eigenvalue weighted by molar-refractivity contribution is -0.129. The first-order chi connectivity index (χ1) is 9.08. The zero-order valence-corrected chi connectivity index (χ0v) is 10.0. The Hall–Kier alpha value is -2.70. The minimum atomic E-state index is -0.740. The van der Waals surface area contributed by atoms with Crippen LogP contribution in [0, 0.1) is 0 Å². The number of hydrogen-bond acceptors (Lipinski definition) is 4. The number of nitrogens with zero attached hydrogens (tertiary/aromatic N) is 3. The SMILES string of the molecule is NC(=O)CN1C(=O)CN(/N=C\c2ccccc2)C1=O. The summed E-state index contributed by atoms with van der Waals surface area (Å²) in [6.07, 6.45) is 1.47. The van der Waals surface area contributed by atoms with E-state index in [-0.39, 0.29) is 6.54 Å². The van der Waals surface area contributed by atoms with Crippen molar-refractivity contribution in [2.75, 3.05) is 13.1 Å². The predicted octanol–water partition coefficient (Wildman–Crippen LogP) is -0.230. The Kier molecular flexibility index (Phi) is 3.56. The van der Waals surface area contributed by atoms with Gasteiger partial charge in [0, 0.05) is 0 Å². The highest BCUT2D eigenvalue weighted by molar-refractivity contribution is 6.04. The molecule has 1 saturated heterocycles. The highest BCUT2D eigenvalue weighted by Crippen LogP contribution is 2.10. The number of nitrogens with two attached hydrogens (primary N) is 1. The Morgan fingerprint density at radius 1 is 1.32 bits per heavy atom. The Bertz CT molecular complexity index is 541. The van der Waals surface area contributed by atoms with Gasteiger partial charge < -0.3 is 5.73 Å². The fourth-order valence-corrected chi connectivity index (χ4v) is 1.60. The molecule has 7 nitrogen and oxygen atoms in total. The Labute approximate surface area is 109 Å². The van der Waals surface area contributed by atoms with Gasteiger partial charge in [0.2, 0.25) is 5.91 Å². The van der Waals surface area contributed by atoms with E-state index in [4.69, 9.17) is 5.73 Å². The predicted molar refractivity (Wildman–Crippen MR) is 67.0 cm³/mol. The third-order valence-corrected chi connectivity index (χ3v) is 2.50. The maximum atomic E-state index is 11.8. The zero-order chi connectivity index (χ0) is 13.8. The molecule has 0 spiro atoms. The third kappa shape index (κ3) is 2.95. The molecule has 0 radical (unpaired) electrons. The molecule has 1 fully saturated rings. The van der Waals surface area contributed by atoms with E-state index in [0.717, 1.165) is 15.5 Å². The molecule has 0 bridgehead atoms. The van der Waals surface area contributed by atoms with Crippen molar-refractivity contribution in [2.24, 2.45) is 10.8 Å². The number of benzene rings is 1. The summed E-state index contributed by atoms with van der Waals surface area (Å²) in [5.41, 5.74) is 5.77. The molecule has 19 heavy (non-hydrogen) atoms. The summed E-state index contributed by atoms with van der Waals surface area (Å²) >= 11 is 0. The highest BCUT2D eigenvalue weighted by Gasteiger charge is 2.36. The van der Waals surface area contributed by atoms with Gasteiger partial charge in [0.05, 0.1) is 6.21 Å². The maximum absolute atomic E-state index is 11.8. The van der Waals surface area contributed by atoms with Crippen molar-refractivity contribution in [3.05, 3.63) is 35.9 Å². The van der Waals surface area contributed by atoms with E-state index in [9.17, 15) is 14.4 Å². The monoisotopic (exact) mass is 260 g/mol. The van der Waals surface area contributed by atoms with E-state index in [1.807, 2.05) is 30.3 Å². The number of urea groups is 1. The number of amides is 4. The van der Waals surface area contributed by atoms with Crippen molar-refractivity contribution < 1.29 is 14.4 Å². The molecule has 0 aliphatic carbocycles. The van der Waals surface area contributed by atoms with Gasteiger partial charge in [-0.1, -0.05) is 30.3 Å². The average molecular weight is 260 g/mol. The molecule has 0 aromatic heterocycles. The van der Waals surface area contributed by atoms with Crippen LogP contribution in [0.3, 0.4) is 0 Å². The summed E-state index contributed by atoms with van der Waals surface area (Å²) in [4.78, 5) is 34.8. The van der Waals surface area contributed by atoms with E-state index >= 15 is 0 Å². The number of carbonyl (C=O) groups is 3. The topological polar surface area (TPSA) is 96.1 Å². The van der Waals surface area contributed by atoms with Crippen molar-refractivity contribution in [3.8, 4) is 0 Å². The van der Waals surface area contributed by atoms with Gasteiger partial charge in [-0.15, -0.1) is 0 Å². The fourth-order valence-electron chi connectivity index (χ4n) is 1.60. The first kappa shape index (κ1) is 12.7. The molecule has 2 rings (SSSR count). The van der Waals surface area contributed by atoms with Gasteiger partial charge in [-0.2, -0.15) is 5.10 Å². The van der Waals surface area contributed by atoms with E-state index < -0.39 is 24.4 Å². The molecule has 0 unspecified atom stereocenters. The summed E-state index contributed by atoms with van der Waals surface area (Å²) in [6, 6.07) is 8.50. The number of imide groups is 1. The highest BCUT2D eigenvalue weighted by atomic mass is 16.2. The second-order valence-electron chi connectivity index (χ2n) is 3.94. The van der Waals surface area contributed by atoms with E-state index in [1.165, 1.54) is 6.21 Å². The van der Waals surface area contributed by atoms with Crippen molar-refractivity contribution in [1.82, 2.24) is 9.91 Å². The van der Waals surface area contributed by atoms with Crippen LogP contribution in [0.15, 0.2) is 35.4 Å². The molecule has 1 aromatic rings. The third-order valence-electron chi connectivity index (χ3n) is 2.50. The molecule has 1 aliphatic heterocycles. The lowest BCUT2D eigenvalue weighted by Crippen LogP contribution is -2.38. The molecule has 0 atom stereocenters. The van der Waals surface area contributed by atoms with Crippen LogP contribution >= 0.6 is 0 Å². The van der Waals surface area contributed by atoms with Gasteiger partial charge in [-0.3, -0.25) is 14.5 Å². The van der Waals surface area contributed by atoms with E-state index in [1.54, 1.807) is 0 Å². The van der Waals surface area contributed by atoms with E-state index in [2.05, 4.69) is 5.10 Å². The van der Waals surface area contributed by atoms with Crippen molar-refractivity contribution in [2.45, 2.75) is 0 Å². The van der Waals surface area contributed by atoms with Gasteiger partial charge in [-0.25, -0.2) is 9.80 Å². The number of hydrazone groups is 1. The summed E-state index contributed by atoms with van der Waals surface area (Å²) in [5, 5.41) is 4.92. The normalized spacial score (nSPS) is 15.6. The average Bonchev–Trinajstić information content (AvgIpc) is 2.65. The van der Waals surface area contributed by atoms with Crippen molar-refractivity contribution >= 4 is 24.1 Å². The molecular weight excluding hydrogens is 248 g/mol. The lowest BCUT2D eigenvalue weighted by atomic mass is 10.2. The Morgan fingerprint density at radius 3 is 2.63 bits per heavy atom. The molecule has 4 amide bonds. The molecule has 0 saturated carbocycles. The quantitative estimate of drug-likeness (QED) is 0.598. The zero-order valence-electron chi connectivity index (χ0n) is 10.0. The number of hydrogen-bond donors (Lipinski definition) is 1.